The molecular weight excluding hydrogens is 300 g/mol. The van der Waals surface area contributed by atoms with Gasteiger partial charge in [-0.15, -0.1) is 0 Å². The van der Waals surface area contributed by atoms with Crippen molar-refractivity contribution in [2.24, 2.45) is 5.41 Å². The van der Waals surface area contributed by atoms with Gasteiger partial charge in [-0.25, -0.2) is 0 Å². The monoisotopic (exact) mass is 322 g/mol. The van der Waals surface area contributed by atoms with Crippen LogP contribution in [0.1, 0.15) is 25.3 Å². The first kappa shape index (κ1) is 16.2. The Kier molecular flexibility index (Phi) is 4.38. The van der Waals surface area contributed by atoms with Crippen molar-refractivity contribution in [3.05, 3.63) is 60.2 Å². The van der Waals surface area contributed by atoms with Crippen LogP contribution in [0, 0.1) is 12.3 Å². The average molecular weight is 322 g/mol. The normalized spacial score (nSPS) is 14.8. The second-order valence-electron chi connectivity index (χ2n) is 6.24. The third-order valence-electron chi connectivity index (χ3n) is 4.62. The van der Waals surface area contributed by atoms with Crippen LogP contribution in [0.4, 0.5) is 11.4 Å². The molecule has 4 nitrogen and oxygen atoms in total. The molecule has 0 radical (unpaired) electrons. The van der Waals surface area contributed by atoms with Crippen LogP contribution in [-0.4, -0.2) is 18.4 Å². The Balaban J connectivity index is 1.81. The molecule has 0 aliphatic heterocycles. The lowest BCUT2D eigenvalue weighted by atomic mass is 10.0. The first-order chi connectivity index (χ1) is 11.6. The van der Waals surface area contributed by atoms with Gasteiger partial charge in [0.25, 0.3) is 0 Å². The van der Waals surface area contributed by atoms with Crippen molar-refractivity contribution in [1.29, 1.82) is 0 Å². The molecule has 1 aliphatic rings. The number of hydrogen-bond donors (Lipinski definition) is 1. The minimum Gasteiger partial charge on any atom is -0.325 e. The van der Waals surface area contributed by atoms with Crippen LogP contribution in [0.5, 0.6) is 0 Å². The van der Waals surface area contributed by atoms with Gasteiger partial charge in [0, 0.05) is 17.9 Å². The summed E-state index contributed by atoms with van der Waals surface area (Å²) in [6, 6.07) is 17.1. The van der Waals surface area contributed by atoms with E-state index in [1.54, 1.807) is 4.90 Å². The van der Waals surface area contributed by atoms with E-state index in [2.05, 4.69) is 5.32 Å². The van der Waals surface area contributed by atoms with Crippen LogP contribution in [-0.2, 0) is 9.59 Å². The molecule has 2 amide bonds. The molecular formula is C20H22N2O2. The van der Waals surface area contributed by atoms with Gasteiger partial charge in [-0.05, 0) is 50.5 Å². The number of anilines is 2. The van der Waals surface area contributed by atoms with E-state index in [1.165, 1.54) is 0 Å². The molecule has 3 rings (SSSR count). The van der Waals surface area contributed by atoms with Crippen molar-refractivity contribution in [3.8, 4) is 0 Å². The Hall–Kier alpha value is -2.62. The summed E-state index contributed by atoms with van der Waals surface area (Å²) in [6.45, 7) is 4.42. The van der Waals surface area contributed by atoms with Crippen LogP contribution < -0.4 is 10.2 Å². The number of aryl methyl sites for hydroxylation is 1. The van der Waals surface area contributed by atoms with Crippen molar-refractivity contribution in [2.45, 2.75) is 26.7 Å². The van der Waals surface area contributed by atoms with Crippen LogP contribution >= 0.6 is 0 Å². The molecule has 1 fully saturated rings. The summed E-state index contributed by atoms with van der Waals surface area (Å²) in [4.78, 5) is 27.5. The molecule has 2 aromatic carbocycles. The van der Waals surface area contributed by atoms with Gasteiger partial charge in [-0.2, -0.15) is 0 Å². The zero-order valence-electron chi connectivity index (χ0n) is 14.1. The Labute approximate surface area is 142 Å². The van der Waals surface area contributed by atoms with E-state index >= 15 is 0 Å². The second-order valence-corrected chi connectivity index (χ2v) is 6.24. The maximum absolute atomic E-state index is 13.0. The first-order valence-electron chi connectivity index (χ1n) is 8.32. The zero-order chi connectivity index (χ0) is 17.2. The van der Waals surface area contributed by atoms with Gasteiger partial charge in [0.1, 0.15) is 5.41 Å². The Morgan fingerprint density at radius 3 is 2.25 bits per heavy atom. The molecule has 0 heterocycles. The molecule has 0 unspecified atom stereocenters. The maximum Gasteiger partial charge on any atom is 0.242 e. The zero-order valence-corrected chi connectivity index (χ0v) is 14.1. The maximum atomic E-state index is 13.0. The molecule has 0 saturated heterocycles. The Morgan fingerprint density at radius 2 is 1.67 bits per heavy atom. The number of carbonyl (C=O) groups excluding carboxylic acids is 2. The fourth-order valence-electron chi connectivity index (χ4n) is 2.93. The average Bonchev–Trinajstić information content (AvgIpc) is 3.40. The van der Waals surface area contributed by atoms with Gasteiger partial charge in [0.05, 0.1) is 0 Å². The van der Waals surface area contributed by atoms with E-state index in [0.717, 1.165) is 16.9 Å². The predicted molar refractivity (Wildman–Crippen MR) is 95.9 cm³/mol. The summed E-state index contributed by atoms with van der Waals surface area (Å²) in [6.07, 6.45) is 1.21. The predicted octanol–water partition coefficient (Wildman–Crippen LogP) is 3.77. The van der Waals surface area contributed by atoms with E-state index in [-0.39, 0.29) is 11.8 Å². The number of para-hydroxylation sites is 2. The molecule has 4 heteroatoms. The summed E-state index contributed by atoms with van der Waals surface area (Å²) in [5.41, 5.74) is 1.67. The SMILES string of the molecule is CCN(C(=O)C1(C(=O)Nc2ccccc2C)CC1)c1ccccc1. The molecule has 1 N–H and O–H groups in total. The molecule has 2 aromatic rings. The number of hydrogen-bond acceptors (Lipinski definition) is 2. The number of amides is 2. The molecule has 0 spiro atoms. The van der Waals surface area contributed by atoms with Crippen LogP contribution in [0.2, 0.25) is 0 Å². The quantitative estimate of drug-likeness (QED) is 0.852. The van der Waals surface area contributed by atoms with Crippen molar-refractivity contribution >= 4 is 23.2 Å². The van der Waals surface area contributed by atoms with Gasteiger partial charge in [-0.3, -0.25) is 9.59 Å². The molecule has 1 aliphatic carbocycles. The van der Waals surface area contributed by atoms with Gasteiger partial charge in [0.2, 0.25) is 11.8 Å². The molecule has 0 aromatic heterocycles. The number of rotatable bonds is 5. The molecule has 124 valence electrons. The van der Waals surface area contributed by atoms with E-state index < -0.39 is 5.41 Å². The largest absolute Gasteiger partial charge is 0.325 e. The summed E-state index contributed by atoms with van der Waals surface area (Å²) < 4.78 is 0. The number of nitrogens with zero attached hydrogens (tertiary/aromatic N) is 1. The first-order valence-corrected chi connectivity index (χ1v) is 8.32. The standard InChI is InChI=1S/C20H22N2O2/c1-3-22(16-10-5-4-6-11-16)19(24)20(13-14-20)18(23)21-17-12-8-7-9-15(17)2/h4-12H,3,13-14H2,1-2H3,(H,21,23). The molecule has 0 bridgehead atoms. The van der Waals surface area contributed by atoms with Crippen LogP contribution in [0.3, 0.4) is 0 Å². The lowest BCUT2D eigenvalue weighted by Crippen LogP contribution is -2.43. The van der Waals surface area contributed by atoms with Crippen molar-refractivity contribution in [1.82, 2.24) is 0 Å². The van der Waals surface area contributed by atoms with Crippen molar-refractivity contribution in [2.75, 3.05) is 16.8 Å². The minimum atomic E-state index is -0.922. The third-order valence-corrected chi connectivity index (χ3v) is 4.62. The second kappa shape index (κ2) is 6.48. The van der Waals surface area contributed by atoms with E-state index in [0.29, 0.717) is 19.4 Å². The fraction of sp³-hybridized carbons (Fsp3) is 0.300. The van der Waals surface area contributed by atoms with E-state index in [1.807, 2.05) is 68.4 Å². The topological polar surface area (TPSA) is 49.4 Å². The lowest BCUT2D eigenvalue weighted by Gasteiger charge is -2.26. The highest BCUT2D eigenvalue weighted by Gasteiger charge is 2.58. The van der Waals surface area contributed by atoms with E-state index in [9.17, 15) is 9.59 Å². The summed E-state index contributed by atoms with van der Waals surface area (Å²) in [5, 5.41) is 2.94. The smallest absolute Gasteiger partial charge is 0.242 e. The summed E-state index contributed by atoms with van der Waals surface area (Å²) >= 11 is 0. The Bertz CT molecular complexity index is 751. The minimum absolute atomic E-state index is 0.109. The molecule has 1 saturated carbocycles. The van der Waals surface area contributed by atoms with Crippen molar-refractivity contribution < 1.29 is 9.59 Å². The highest BCUT2D eigenvalue weighted by molar-refractivity contribution is 6.17. The summed E-state index contributed by atoms with van der Waals surface area (Å²) in [5.74, 6) is -0.307. The van der Waals surface area contributed by atoms with Gasteiger partial charge >= 0.3 is 0 Å². The number of carbonyl (C=O) groups is 2. The van der Waals surface area contributed by atoms with Gasteiger partial charge < -0.3 is 10.2 Å². The third kappa shape index (κ3) is 2.92. The number of benzene rings is 2. The fourth-order valence-corrected chi connectivity index (χ4v) is 2.93. The Morgan fingerprint density at radius 1 is 1.04 bits per heavy atom. The lowest BCUT2D eigenvalue weighted by molar-refractivity contribution is -0.132. The molecule has 0 atom stereocenters. The van der Waals surface area contributed by atoms with Gasteiger partial charge in [-0.1, -0.05) is 36.4 Å². The number of nitrogens with one attached hydrogen (secondary N) is 1. The highest BCUT2D eigenvalue weighted by atomic mass is 16.2. The molecule has 24 heavy (non-hydrogen) atoms. The van der Waals surface area contributed by atoms with Crippen molar-refractivity contribution in [3.63, 3.8) is 0 Å². The van der Waals surface area contributed by atoms with Crippen LogP contribution in [0.15, 0.2) is 54.6 Å². The summed E-state index contributed by atoms with van der Waals surface area (Å²) in [7, 11) is 0. The van der Waals surface area contributed by atoms with Gasteiger partial charge in [0.15, 0.2) is 0 Å². The van der Waals surface area contributed by atoms with E-state index in [4.69, 9.17) is 0 Å². The highest BCUT2D eigenvalue weighted by Crippen LogP contribution is 2.48. The van der Waals surface area contributed by atoms with Crippen LogP contribution in [0.25, 0.3) is 0 Å².